The smallest absolute Gasteiger partial charge is 0.221 e. The molecule has 5 nitrogen and oxygen atoms in total. The first kappa shape index (κ1) is 16.2. The van der Waals surface area contributed by atoms with Crippen molar-refractivity contribution >= 4 is 11.6 Å². The molecule has 2 unspecified atom stereocenters. The third kappa shape index (κ3) is 4.65. The molecule has 2 heterocycles. The normalized spacial score (nSPS) is 24.7. The van der Waals surface area contributed by atoms with Crippen LogP contribution in [0.4, 0.5) is 10.1 Å². The molecule has 2 atom stereocenters. The molecule has 0 saturated carbocycles. The Bertz CT molecular complexity index is 517. The second-order valence-electron chi connectivity index (χ2n) is 6.31. The fourth-order valence-electron chi connectivity index (χ4n) is 3.19. The lowest BCUT2D eigenvalue weighted by Gasteiger charge is -2.23. The highest BCUT2D eigenvalue weighted by Crippen LogP contribution is 2.23. The second-order valence-corrected chi connectivity index (χ2v) is 6.31. The van der Waals surface area contributed by atoms with Gasteiger partial charge in [-0.25, -0.2) is 4.39 Å². The summed E-state index contributed by atoms with van der Waals surface area (Å²) >= 11 is 0. The number of hydrogen-bond donors (Lipinski definition) is 2. The minimum Gasteiger partial charge on any atom is -0.378 e. The zero-order chi connectivity index (χ0) is 16.1. The van der Waals surface area contributed by atoms with Gasteiger partial charge in [0.25, 0.3) is 0 Å². The summed E-state index contributed by atoms with van der Waals surface area (Å²) in [5, 5.41) is 6.32. The molecule has 126 valence electrons. The molecule has 2 saturated heterocycles. The summed E-state index contributed by atoms with van der Waals surface area (Å²) in [6, 6.07) is 6.73. The van der Waals surface area contributed by atoms with Crippen LogP contribution >= 0.6 is 0 Å². The van der Waals surface area contributed by atoms with Crippen molar-refractivity contribution in [3.05, 3.63) is 30.1 Å². The molecule has 1 aromatic rings. The van der Waals surface area contributed by atoms with Gasteiger partial charge < -0.3 is 20.3 Å². The van der Waals surface area contributed by atoms with Gasteiger partial charge in [0.05, 0.1) is 13.2 Å². The van der Waals surface area contributed by atoms with Crippen LogP contribution in [0.3, 0.4) is 0 Å². The van der Waals surface area contributed by atoms with E-state index in [4.69, 9.17) is 4.74 Å². The van der Waals surface area contributed by atoms with Gasteiger partial charge in [0.1, 0.15) is 5.82 Å². The number of nitrogens with one attached hydrogen (secondary N) is 2. The summed E-state index contributed by atoms with van der Waals surface area (Å²) in [7, 11) is 0. The number of halogens is 1. The first-order valence-corrected chi connectivity index (χ1v) is 8.29. The van der Waals surface area contributed by atoms with Crippen molar-refractivity contribution in [3.63, 3.8) is 0 Å². The predicted octanol–water partition coefficient (Wildman–Crippen LogP) is 1.15. The van der Waals surface area contributed by atoms with E-state index in [1.165, 1.54) is 12.1 Å². The van der Waals surface area contributed by atoms with Gasteiger partial charge in [0.15, 0.2) is 0 Å². The van der Waals surface area contributed by atoms with Crippen molar-refractivity contribution in [2.45, 2.75) is 18.9 Å². The van der Waals surface area contributed by atoms with E-state index in [9.17, 15) is 9.18 Å². The zero-order valence-corrected chi connectivity index (χ0v) is 13.3. The molecule has 0 spiro atoms. The lowest BCUT2D eigenvalue weighted by molar-refractivity contribution is -0.122. The quantitative estimate of drug-likeness (QED) is 0.854. The fourth-order valence-corrected chi connectivity index (χ4v) is 3.19. The number of nitrogens with zero attached hydrogens (tertiary/aromatic N) is 1. The molecule has 2 aliphatic rings. The minimum atomic E-state index is -0.211. The average molecular weight is 321 g/mol. The Morgan fingerprint density at radius 1 is 1.39 bits per heavy atom. The maximum Gasteiger partial charge on any atom is 0.221 e. The van der Waals surface area contributed by atoms with Gasteiger partial charge in [0.2, 0.25) is 5.91 Å². The number of anilines is 1. The predicted molar refractivity (Wildman–Crippen MR) is 87.0 cm³/mol. The summed E-state index contributed by atoms with van der Waals surface area (Å²) in [4.78, 5) is 14.2. The monoisotopic (exact) mass is 321 g/mol. The van der Waals surface area contributed by atoms with Crippen LogP contribution in [-0.2, 0) is 9.53 Å². The van der Waals surface area contributed by atoms with Crippen LogP contribution < -0.4 is 15.5 Å². The number of carbonyl (C=O) groups is 1. The Kier molecular flexibility index (Phi) is 5.46. The molecule has 2 N–H and O–H groups in total. The summed E-state index contributed by atoms with van der Waals surface area (Å²) in [6.07, 6.45) is 1.51. The van der Waals surface area contributed by atoms with Gasteiger partial charge >= 0.3 is 0 Å². The van der Waals surface area contributed by atoms with Crippen molar-refractivity contribution in [1.29, 1.82) is 0 Å². The van der Waals surface area contributed by atoms with E-state index in [1.54, 1.807) is 0 Å². The van der Waals surface area contributed by atoms with E-state index in [0.717, 1.165) is 38.3 Å². The lowest BCUT2D eigenvalue weighted by atomic mass is 10.1. The van der Waals surface area contributed by atoms with Crippen LogP contribution in [0.2, 0.25) is 0 Å². The maximum absolute atomic E-state index is 13.0. The van der Waals surface area contributed by atoms with Crippen LogP contribution in [0.25, 0.3) is 0 Å². The van der Waals surface area contributed by atoms with Gasteiger partial charge in [-0.2, -0.15) is 0 Å². The van der Waals surface area contributed by atoms with E-state index < -0.39 is 0 Å². The third-order valence-electron chi connectivity index (χ3n) is 4.50. The molecule has 0 radical (unpaired) electrons. The van der Waals surface area contributed by atoms with Crippen LogP contribution in [-0.4, -0.2) is 51.3 Å². The Hall–Kier alpha value is -1.66. The summed E-state index contributed by atoms with van der Waals surface area (Å²) in [5.74, 6) is 0.310. The zero-order valence-electron chi connectivity index (χ0n) is 13.3. The van der Waals surface area contributed by atoms with Crippen LogP contribution in [0.15, 0.2) is 24.3 Å². The molecular formula is C17H24FN3O2. The number of benzene rings is 1. The van der Waals surface area contributed by atoms with E-state index in [1.807, 2.05) is 12.1 Å². The average Bonchev–Trinajstić information content (AvgIpc) is 3.04. The largest absolute Gasteiger partial charge is 0.378 e. The molecular weight excluding hydrogens is 297 g/mol. The molecule has 1 aromatic carbocycles. The van der Waals surface area contributed by atoms with Crippen LogP contribution in [0.5, 0.6) is 0 Å². The van der Waals surface area contributed by atoms with E-state index >= 15 is 0 Å². The summed E-state index contributed by atoms with van der Waals surface area (Å²) in [5.41, 5.74) is 1.05. The first-order valence-electron chi connectivity index (χ1n) is 8.29. The molecule has 0 aliphatic carbocycles. The highest BCUT2D eigenvalue weighted by atomic mass is 19.1. The van der Waals surface area contributed by atoms with Crippen molar-refractivity contribution < 1.29 is 13.9 Å². The Balaban J connectivity index is 1.39. The van der Waals surface area contributed by atoms with Gasteiger partial charge in [-0.05, 0) is 36.6 Å². The number of morpholine rings is 1. The molecule has 0 bridgehead atoms. The van der Waals surface area contributed by atoms with Crippen molar-refractivity contribution in [2.75, 3.05) is 44.3 Å². The SMILES string of the molecule is O=C(CC1COCCN1)NCC1CCN(c2ccc(F)cc2)C1. The Labute approximate surface area is 136 Å². The van der Waals surface area contributed by atoms with E-state index in [2.05, 4.69) is 15.5 Å². The molecule has 1 amide bonds. The van der Waals surface area contributed by atoms with Gasteiger partial charge in [-0.3, -0.25) is 4.79 Å². The first-order chi connectivity index (χ1) is 11.2. The van der Waals surface area contributed by atoms with Gasteiger partial charge in [0, 0.05) is 44.3 Å². The number of rotatable bonds is 5. The molecule has 0 aromatic heterocycles. The van der Waals surface area contributed by atoms with Crippen molar-refractivity contribution in [2.24, 2.45) is 5.92 Å². The number of carbonyl (C=O) groups excluding carboxylic acids is 1. The van der Waals surface area contributed by atoms with Gasteiger partial charge in [-0.1, -0.05) is 0 Å². The van der Waals surface area contributed by atoms with Crippen LogP contribution in [0.1, 0.15) is 12.8 Å². The lowest BCUT2D eigenvalue weighted by Crippen LogP contribution is -2.44. The van der Waals surface area contributed by atoms with E-state index in [-0.39, 0.29) is 17.8 Å². The van der Waals surface area contributed by atoms with Crippen molar-refractivity contribution in [3.8, 4) is 0 Å². The van der Waals surface area contributed by atoms with Crippen molar-refractivity contribution in [1.82, 2.24) is 10.6 Å². The number of hydrogen-bond acceptors (Lipinski definition) is 4. The minimum absolute atomic E-state index is 0.0771. The van der Waals surface area contributed by atoms with E-state index in [0.29, 0.717) is 25.5 Å². The second kappa shape index (κ2) is 7.75. The van der Waals surface area contributed by atoms with Gasteiger partial charge in [-0.15, -0.1) is 0 Å². The standard InChI is InChI=1S/C17H24FN3O2/c18-14-1-3-16(4-2-14)21-7-5-13(11-21)10-20-17(22)9-15-12-23-8-6-19-15/h1-4,13,15,19H,5-12H2,(H,20,22). The topological polar surface area (TPSA) is 53.6 Å². The summed E-state index contributed by atoms with van der Waals surface area (Å²) in [6.45, 7) is 4.69. The highest BCUT2D eigenvalue weighted by Gasteiger charge is 2.24. The maximum atomic E-state index is 13.0. The highest BCUT2D eigenvalue weighted by molar-refractivity contribution is 5.76. The number of amides is 1. The molecule has 3 rings (SSSR count). The van der Waals surface area contributed by atoms with Crippen LogP contribution in [0, 0.1) is 11.7 Å². The fraction of sp³-hybridized carbons (Fsp3) is 0.588. The molecule has 6 heteroatoms. The molecule has 2 fully saturated rings. The Morgan fingerprint density at radius 3 is 2.96 bits per heavy atom. The molecule has 2 aliphatic heterocycles. The third-order valence-corrected chi connectivity index (χ3v) is 4.50. The molecule has 23 heavy (non-hydrogen) atoms. The summed E-state index contributed by atoms with van der Waals surface area (Å²) < 4.78 is 18.3. The Morgan fingerprint density at radius 2 is 2.22 bits per heavy atom. The number of ether oxygens (including phenoxy) is 1.